The van der Waals surface area contributed by atoms with Gasteiger partial charge in [0.05, 0.1) is 12.0 Å². The fourth-order valence-corrected chi connectivity index (χ4v) is 3.68. The summed E-state index contributed by atoms with van der Waals surface area (Å²) in [5, 5.41) is 2.82. The quantitative estimate of drug-likeness (QED) is 0.740. The number of rotatable bonds is 8. The molecule has 1 amide bonds. The van der Waals surface area contributed by atoms with Crippen LogP contribution < -0.4 is 14.8 Å². The Balaban J connectivity index is 2.04. The van der Waals surface area contributed by atoms with Crippen LogP contribution in [0.5, 0.6) is 5.75 Å². The van der Waals surface area contributed by atoms with Crippen molar-refractivity contribution in [2.24, 2.45) is 0 Å². The van der Waals surface area contributed by atoms with Gasteiger partial charge in [-0.05, 0) is 43.2 Å². The number of aryl methyl sites for hydroxylation is 1. The van der Waals surface area contributed by atoms with E-state index < -0.39 is 10.0 Å². The monoisotopic (exact) mass is 376 g/mol. The number of ether oxygens (including phenoxy) is 1. The molecule has 0 atom stereocenters. The molecule has 0 aliphatic carbocycles. The van der Waals surface area contributed by atoms with Gasteiger partial charge in [-0.3, -0.25) is 4.79 Å². The molecule has 2 aromatic carbocycles. The Labute approximate surface area is 154 Å². The summed E-state index contributed by atoms with van der Waals surface area (Å²) < 4.78 is 31.8. The summed E-state index contributed by atoms with van der Waals surface area (Å²) >= 11 is 0. The molecule has 0 saturated carbocycles. The summed E-state index contributed by atoms with van der Waals surface area (Å²) in [6, 6.07) is 11.9. The van der Waals surface area contributed by atoms with Crippen LogP contribution in [0.25, 0.3) is 0 Å². The number of carbonyl (C=O) groups excluding carboxylic acids is 1. The third-order valence-corrected chi connectivity index (χ3v) is 5.40. The first-order chi connectivity index (χ1) is 12.4. The van der Waals surface area contributed by atoms with Crippen molar-refractivity contribution in [2.75, 3.05) is 20.2 Å². The van der Waals surface area contributed by atoms with Gasteiger partial charge in [-0.15, -0.1) is 0 Å². The minimum Gasteiger partial charge on any atom is -0.496 e. The smallest absolute Gasteiger partial charge is 0.251 e. The van der Waals surface area contributed by atoms with E-state index in [0.29, 0.717) is 18.5 Å². The lowest BCUT2D eigenvalue weighted by Gasteiger charge is -2.11. The molecule has 0 fully saturated rings. The van der Waals surface area contributed by atoms with Crippen molar-refractivity contribution in [3.05, 3.63) is 59.2 Å². The molecule has 0 radical (unpaired) electrons. The molecule has 0 spiro atoms. The fourth-order valence-electron chi connectivity index (χ4n) is 2.59. The first-order valence-corrected chi connectivity index (χ1v) is 9.87. The second-order valence-corrected chi connectivity index (χ2v) is 7.62. The van der Waals surface area contributed by atoms with E-state index in [0.717, 1.165) is 16.9 Å². The van der Waals surface area contributed by atoms with Crippen molar-refractivity contribution >= 4 is 15.9 Å². The second kappa shape index (κ2) is 8.82. The van der Waals surface area contributed by atoms with Crippen LogP contribution in [-0.2, 0) is 16.4 Å². The Morgan fingerprint density at radius 1 is 1.15 bits per heavy atom. The predicted molar refractivity (Wildman–Crippen MR) is 101 cm³/mol. The highest BCUT2D eigenvalue weighted by Crippen LogP contribution is 2.20. The standard InChI is InChI=1S/C19H24N2O4S/c1-4-21-26(23,24)17-7-5-6-16(13-17)19(22)20-11-10-15-12-14(2)8-9-18(15)25-3/h5-9,12-13,21H,4,10-11H2,1-3H3,(H,20,22). The Morgan fingerprint density at radius 2 is 1.92 bits per heavy atom. The fraction of sp³-hybridized carbons (Fsp3) is 0.316. The molecule has 0 heterocycles. The molecule has 0 aliphatic heterocycles. The summed E-state index contributed by atoms with van der Waals surface area (Å²) in [5.41, 5.74) is 2.44. The Bertz CT molecular complexity index is 879. The molecule has 0 unspecified atom stereocenters. The van der Waals surface area contributed by atoms with Crippen molar-refractivity contribution in [3.63, 3.8) is 0 Å². The van der Waals surface area contributed by atoms with E-state index in [9.17, 15) is 13.2 Å². The first-order valence-electron chi connectivity index (χ1n) is 8.39. The number of sulfonamides is 1. The third kappa shape index (κ3) is 5.06. The van der Waals surface area contributed by atoms with Crippen molar-refractivity contribution in [2.45, 2.75) is 25.2 Å². The minimum absolute atomic E-state index is 0.0763. The van der Waals surface area contributed by atoms with Crippen LogP contribution in [0.2, 0.25) is 0 Å². The Morgan fingerprint density at radius 3 is 2.62 bits per heavy atom. The maximum Gasteiger partial charge on any atom is 0.251 e. The number of amides is 1. The van der Waals surface area contributed by atoms with Gasteiger partial charge >= 0.3 is 0 Å². The van der Waals surface area contributed by atoms with E-state index in [-0.39, 0.29) is 17.3 Å². The maximum absolute atomic E-state index is 12.3. The van der Waals surface area contributed by atoms with Gasteiger partial charge in [0.1, 0.15) is 5.75 Å². The predicted octanol–water partition coefficient (Wildman–Crippen LogP) is 2.27. The molecular weight excluding hydrogens is 352 g/mol. The summed E-state index contributed by atoms with van der Waals surface area (Å²) in [4.78, 5) is 12.4. The van der Waals surface area contributed by atoms with Crippen molar-refractivity contribution in [3.8, 4) is 5.75 Å². The minimum atomic E-state index is -3.59. The summed E-state index contributed by atoms with van der Waals surface area (Å²) in [7, 11) is -1.98. The van der Waals surface area contributed by atoms with Crippen LogP contribution in [0.15, 0.2) is 47.4 Å². The van der Waals surface area contributed by atoms with Crippen LogP contribution in [0, 0.1) is 6.92 Å². The molecule has 2 rings (SSSR count). The average Bonchev–Trinajstić information content (AvgIpc) is 2.62. The molecule has 2 aromatic rings. The number of carbonyl (C=O) groups is 1. The SMILES string of the molecule is CCNS(=O)(=O)c1cccc(C(=O)NCCc2cc(C)ccc2OC)c1. The number of hydrogen-bond donors (Lipinski definition) is 2. The van der Waals surface area contributed by atoms with Gasteiger partial charge in [0, 0.05) is 18.7 Å². The first kappa shape index (κ1) is 19.9. The number of hydrogen-bond acceptors (Lipinski definition) is 4. The molecule has 140 valence electrons. The molecule has 0 bridgehead atoms. The normalized spacial score (nSPS) is 11.2. The van der Waals surface area contributed by atoms with Gasteiger partial charge < -0.3 is 10.1 Å². The van der Waals surface area contributed by atoms with Crippen molar-refractivity contribution < 1.29 is 17.9 Å². The van der Waals surface area contributed by atoms with E-state index in [1.54, 1.807) is 26.2 Å². The summed E-state index contributed by atoms with van der Waals surface area (Å²) in [6.45, 7) is 4.41. The van der Waals surface area contributed by atoms with Crippen LogP contribution in [0.1, 0.15) is 28.4 Å². The van der Waals surface area contributed by atoms with E-state index in [1.807, 2.05) is 25.1 Å². The lowest BCUT2D eigenvalue weighted by molar-refractivity contribution is 0.0954. The largest absolute Gasteiger partial charge is 0.496 e. The van der Waals surface area contributed by atoms with E-state index >= 15 is 0 Å². The van der Waals surface area contributed by atoms with Crippen LogP contribution in [-0.4, -0.2) is 34.5 Å². The molecule has 6 nitrogen and oxygen atoms in total. The van der Waals surface area contributed by atoms with Gasteiger partial charge in [0.2, 0.25) is 10.0 Å². The highest BCUT2D eigenvalue weighted by atomic mass is 32.2. The molecule has 7 heteroatoms. The van der Waals surface area contributed by atoms with Gasteiger partial charge in [0.25, 0.3) is 5.91 Å². The van der Waals surface area contributed by atoms with Crippen molar-refractivity contribution in [1.29, 1.82) is 0 Å². The highest BCUT2D eigenvalue weighted by Gasteiger charge is 2.15. The second-order valence-electron chi connectivity index (χ2n) is 5.85. The zero-order valence-electron chi connectivity index (χ0n) is 15.2. The highest BCUT2D eigenvalue weighted by molar-refractivity contribution is 7.89. The van der Waals surface area contributed by atoms with E-state index in [2.05, 4.69) is 10.0 Å². The molecular formula is C19H24N2O4S. The van der Waals surface area contributed by atoms with E-state index in [4.69, 9.17) is 4.74 Å². The zero-order valence-corrected chi connectivity index (χ0v) is 16.0. The van der Waals surface area contributed by atoms with Crippen LogP contribution >= 0.6 is 0 Å². The summed E-state index contributed by atoms with van der Waals surface area (Å²) in [5.74, 6) is 0.466. The van der Waals surface area contributed by atoms with Crippen LogP contribution in [0.3, 0.4) is 0 Å². The van der Waals surface area contributed by atoms with E-state index in [1.165, 1.54) is 12.1 Å². The molecule has 0 aliphatic rings. The van der Waals surface area contributed by atoms with Gasteiger partial charge in [-0.2, -0.15) is 0 Å². The maximum atomic E-state index is 12.3. The topological polar surface area (TPSA) is 84.5 Å². The van der Waals surface area contributed by atoms with Crippen molar-refractivity contribution in [1.82, 2.24) is 10.0 Å². The van der Waals surface area contributed by atoms with Gasteiger partial charge in [-0.25, -0.2) is 13.1 Å². The van der Waals surface area contributed by atoms with Gasteiger partial charge in [-0.1, -0.05) is 30.7 Å². The molecule has 26 heavy (non-hydrogen) atoms. The number of nitrogens with one attached hydrogen (secondary N) is 2. The third-order valence-electron chi connectivity index (χ3n) is 3.86. The molecule has 2 N–H and O–H groups in total. The number of benzene rings is 2. The van der Waals surface area contributed by atoms with Gasteiger partial charge in [0.15, 0.2) is 0 Å². The zero-order chi connectivity index (χ0) is 19.2. The Hall–Kier alpha value is -2.38. The lowest BCUT2D eigenvalue weighted by atomic mass is 10.1. The summed E-state index contributed by atoms with van der Waals surface area (Å²) in [6.07, 6.45) is 0.617. The molecule has 0 saturated heterocycles. The molecule has 0 aromatic heterocycles. The lowest BCUT2D eigenvalue weighted by Crippen LogP contribution is -2.27. The average molecular weight is 376 g/mol. The Kier molecular flexibility index (Phi) is 6.76. The van der Waals surface area contributed by atoms with Crippen LogP contribution in [0.4, 0.5) is 0 Å². The number of methoxy groups -OCH3 is 1.